The summed E-state index contributed by atoms with van der Waals surface area (Å²) in [6, 6.07) is 6.73. The summed E-state index contributed by atoms with van der Waals surface area (Å²) in [6.45, 7) is 1.93. The van der Waals surface area contributed by atoms with E-state index in [2.05, 4.69) is 20.4 Å². The standard InChI is InChI=1S/C19H15N5O4/c1-10-16-12(17(26)11-3-4-13-14(7-11)28-9-27-13)8-15(25)22-18(16)24(23-10)19-20-5-2-6-21-19/h2-7,12H,8-9H2,1H3,(H,22,25)/t12-/m0/s1. The molecule has 0 aliphatic carbocycles. The van der Waals surface area contributed by atoms with Crippen molar-refractivity contribution in [2.75, 3.05) is 12.1 Å². The summed E-state index contributed by atoms with van der Waals surface area (Å²) < 4.78 is 12.1. The number of hydrogen-bond acceptors (Lipinski definition) is 7. The number of nitrogens with zero attached hydrogens (tertiary/aromatic N) is 4. The highest BCUT2D eigenvalue weighted by Crippen LogP contribution is 2.39. The summed E-state index contributed by atoms with van der Waals surface area (Å²) in [5.41, 5.74) is 1.77. The topological polar surface area (TPSA) is 108 Å². The Morgan fingerprint density at radius 1 is 1.21 bits per heavy atom. The number of Topliss-reactive ketones (excluding diaryl/α,β-unsaturated/α-hetero) is 1. The van der Waals surface area contributed by atoms with Crippen LogP contribution in [0.15, 0.2) is 36.7 Å². The van der Waals surface area contributed by atoms with Crippen molar-refractivity contribution in [3.8, 4) is 17.4 Å². The fourth-order valence-electron chi connectivity index (χ4n) is 3.57. The van der Waals surface area contributed by atoms with Crippen LogP contribution in [0.3, 0.4) is 0 Å². The number of aryl methyl sites for hydroxylation is 1. The largest absolute Gasteiger partial charge is 0.454 e. The average molecular weight is 377 g/mol. The maximum Gasteiger partial charge on any atom is 0.252 e. The third-order valence-corrected chi connectivity index (χ3v) is 4.82. The van der Waals surface area contributed by atoms with E-state index in [9.17, 15) is 9.59 Å². The highest BCUT2D eigenvalue weighted by molar-refractivity contribution is 6.08. The molecule has 0 saturated heterocycles. The number of rotatable bonds is 3. The fourth-order valence-corrected chi connectivity index (χ4v) is 3.57. The first-order valence-electron chi connectivity index (χ1n) is 8.72. The number of aromatic nitrogens is 4. The van der Waals surface area contributed by atoms with Gasteiger partial charge in [-0.2, -0.15) is 9.78 Å². The van der Waals surface area contributed by atoms with E-state index < -0.39 is 5.92 Å². The Bertz CT molecular complexity index is 1110. The van der Waals surface area contributed by atoms with Crippen molar-refractivity contribution in [1.82, 2.24) is 19.7 Å². The van der Waals surface area contributed by atoms with E-state index in [-0.39, 0.29) is 24.9 Å². The SMILES string of the molecule is Cc1nn(-c2ncccn2)c2c1[C@@H](C(=O)c1ccc3c(c1)OCO3)CC(=O)N2. The van der Waals surface area contributed by atoms with Gasteiger partial charge in [-0.3, -0.25) is 9.59 Å². The zero-order valence-corrected chi connectivity index (χ0v) is 14.9. The van der Waals surface area contributed by atoms with Crippen LogP contribution in [0.2, 0.25) is 0 Å². The van der Waals surface area contributed by atoms with Crippen molar-refractivity contribution < 1.29 is 19.1 Å². The second-order valence-electron chi connectivity index (χ2n) is 6.55. The van der Waals surface area contributed by atoms with Crippen LogP contribution < -0.4 is 14.8 Å². The molecule has 1 N–H and O–H groups in total. The number of nitrogens with one attached hydrogen (secondary N) is 1. The monoisotopic (exact) mass is 377 g/mol. The van der Waals surface area contributed by atoms with Crippen molar-refractivity contribution in [2.24, 2.45) is 0 Å². The summed E-state index contributed by atoms with van der Waals surface area (Å²) in [5.74, 6) is 0.791. The number of ketones is 1. The summed E-state index contributed by atoms with van der Waals surface area (Å²) in [5, 5.41) is 7.27. The van der Waals surface area contributed by atoms with Crippen molar-refractivity contribution in [3.05, 3.63) is 53.5 Å². The molecule has 2 aliphatic rings. The predicted octanol–water partition coefficient (Wildman–Crippen LogP) is 2.01. The van der Waals surface area contributed by atoms with Gasteiger partial charge in [-0.15, -0.1) is 0 Å². The van der Waals surface area contributed by atoms with Gasteiger partial charge >= 0.3 is 0 Å². The zero-order valence-electron chi connectivity index (χ0n) is 14.9. The van der Waals surface area contributed by atoms with Crippen molar-refractivity contribution in [2.45, 2.75) is 19.3 Å². The lowest BCUT2D eigenvalue weighted by molar-refractivity contribution is -0.116. The molecule has 9 nitrogen and oxygen atoms in total. The second-order valence-corrected chi connectivity index (χ2v) is 6.55. The summed E-state index contributed by atoms with van der Waals surface area (Å²) in [4.78, 5) is 34.0. The lowest BCUT2D eigenvalue weighted by Crippen LogP contribution is -2.28. The number of hydrogen-bond donors (Lipinski definition) is 1. The Morgan fingerprint density at radius 2 is 2.00 bits per heavy atom. The Kier molecular flexibility index (Phi) is 3.61. The van der Waals surface area contributed by atoms with Crippen molar-refractivity contribution in [3.63, 3.8) is 0 Å². The molecule has 0 bridgehead atoms. The first-order valence-corrected chi connectivity index (χ1v) is 8.72. The minimum atomic E-state index is -0.651. The molecule has 0 unspecified atom stereocenters. The third-order valence-electron chi connectivity index (χ3n) is 4.82. The van der Waals surface area contributed by atoms with Crippen molar-refractivity contribution in [1.29, 1.82) is 0 Å². The van der Waals surface area contributed by atoms with Gasteiger partial charge in [0.05, 0.1) is 11.6 Å². The Morgan fingerprint density at radius 3 is 2.82 bits per heavy atom. The molecule has 28 heavy (non-hydrogen) atoms. The van der Waals surface area contributed by atoms with Gasteiger partial charge in [0.25, 0.3) is 5.95 Å². The van der Waals surface area contributed by atoms with Crippen LogP contribution in [0.1, 0.15) is 34.0 Å². The first-order chi connectivity index (χ1) is 13.6. The maximum atomic E-state index is 13.3. The van der Waals surface area contributed by atoms with Crippen LogP contribution in [-0.4, -0.2) is 38.2 Å². The third kappa shape index (κ3) is 2.51. The number of anilines is 1. The Hall–Kier alpha value is -3.75. The number of ether oxygens (including phenoxy) is 2. The predicted molar refractivity (Wildman–Crippen MR) is 96.8 cm³/mol. The quantitative estimate of drug-likeness (QED) is 0.696. The zero-order chi connectivity index (χ0) is 19.3. The molecule has 5 rings (SSSR count). The molecule has 1 atom stereocenters. The molecule has 0 spiro atoms. The highest BCUT2D eigenvalue weighted by atomic mass is 16.7. The van der Waals surface area contributed by atoms with Crippen LogP contribution in [-0.2, 0) is 4.79 Å². The van der Waals surface area contributed by atoms with Crippen LogP contribution in [0.4, 0.5) is 5.82 Å². The lowest BCUT2D eigenvalue weighted by atomic mass is 9.85. The molecular weight excluding hydrogens is 362 g/mol. The molecule has 2 aliphatic heterocycles. The molecule has 4 heterocycles. The van der Waals surface area contributed by atoms with Crippen LogP contribution in [0.5, 0.6) is 11.5 Å². The molecule has 140 valence electrons. The van der Waals surface area contributed by atoms with Gasteiger partial charge in [-0.1, -0.05) is 0 Å². The van der Waals surface area contributed by atoms with Crippen LogP contribution in [0.25, 0.3) is 5.95 Å². The van der Waals surface area contributed by atoms with Gasteiger partial charge < -0.3 is 14.8 Å². The molecule has 9 heteroatoms. The minimum Gasteiger partial charge on any atom is -0.454 e. The second kappa shape index (κ2) is 6.15. The molecule has 1 amide bonds. The van der Waals surface area contributed by atoms with Gasteiger partial charge in [0.2, 0.25) is 12.7 Å². The molecule has 1 aromatic carbocycles. The number of fused-ring (bicyclic) bond motifs is 2. The van der Waals surface area contributed by atoms with Crippen LogP contribution in [0, 0.1) is 6.92 Å². The van der Waals surface area contributed by atoms with E-state index in [1.54, 1.807) is 43.6 Å². The van der Waals surface area contributed by atoms with Gasteiger partial charge in [0.1, 0.15) is 5.82 Å². The summed E-state index contributed by atoms with van der Waals surface area (Å²) >= 11 is 0. The van der Waals surface area contributed by atoms with Gasteiger partial charge in [-0.25, -0.2) is 9.97 Å². The van der Waals surface area contributed by atoms with E-state index >= 15 is 0 Å². The maximum absolute atomic E-state index is 13.3. The minimum absolute atomic E-state index is 0.0441. The van der Waals surface area contributed by atoms with E-state index in [1.165, 1.54) is 4.68 Å². The number of amides is 1. The molecule has 0 radical (unpaired) electrons. The normalized spacial score (nSPS) is 17.2. The van der Waals surface area contributed by atoms with E-state index in [0.29, 0.717) is 40.1 Å². The Balaban J connectivity index is 1.59. The van der Waals surface area contributed by atoms with Crippen LogP contribution >= 0.6 is 0 Å². The highest BCUT2D eigenvalue weighted by Gasteiger charge is 2.37. The average Bonchev–Trinajstić information content (AvgIpc) is 3.31. The van der Waals surface area contributed by atoms with Gasteiger partial charge in [0, 0.05) is 29.9 Å². The first kappa shape index (κ1) is 16.4. The fraction of sp³-hybridized carbons (Fsp3) is 0.211. The van der Waals surface area contributed by atoms with E-state index in [4.69, 9.17) is 9.47 Å². The van der Waals surface area contributed by atoms with Gasteiger partial charge in [-0.05, 0) is 31.2 Å². The number of carbonyl (C=O) groups excluding carboxylic acids is 2. The molecule has 0 fully saturated rings. The summed E-state index contributed by atoms with van der Waals surface area (Å²) in [6.07, 6.45) is 3.22. The smallest absolute Gasteiger partial charge is 0.252 e. The Labute approximate surface area is 159 Å². The van der Waals surface area contributed by atoms with Crippen molar-refractivity contribution >= 4 is 17.5 Å². The van der Waals surface area contributed by atoms with E-state index in [1.807, 2.05) is 0 Å². The number of benzene rings is 1. The molecule has 3 aromatic rings. The molecular formula is C19H15N5O4. The van der Waals surface area contributed by atoms with E-state index in [0.717, 1.165) is 0 Å². The lowest BCUT2D eigenvalue weighted by Gasteiger charge is -2.23. The molecule has 0 saturated carbocycles. The van der Waals surface area contributed by atoms with Gasteiger partial charge in [0.15, 0.2) is 17.3 Å². The summed E-state index contributed by atoms with van der Waals surface area (Å²) in [7, 11) is 0. The number of carbonyl (C=O) groups is 2. The molecule has 2 aromatic heterocycles.